The van der Waals surface area contributed by atoms with Gasteiger partial charge in [-0.3, -0.25) is 4.79 Å². The van der Waals surface area contributed by atoms with Gasteiger partial charge in [-0.15, -0.1) is 0 Å². The van der Waals surface area contributed by atoms with Gasteiger partial charge in [0.2, 0.25) is 5.89 Å². The molecule has 1 N–H and O–H groups in total. The number of amides is 1. The van der Waals surface area contributed by atoms with Crippen LogP contribution in [-0.4, -0.2) is 22.6 Å². The molecule has 0 radical (unpaired) electrons. The number of hydrogen-bond donors (Lipinski definition) is 1. The van der Waals surface area contributed by atoms with Crippen molar-refractivity contribution >= 4 is 33.4 Å². The first-order valence-electron chi connectivity index (χ1n) is 5.59. The number of hydrogen-bond acceptors (Lipinski definition) is 4. The average molecular weight is 345 g/mol. The third-order valence-corrected chi connectivity index (χ3v) is 3.70. The third kappa shape index (κ3) is 3.54. The summed E-state index contributed by atoms with van der Waals surface area (Å²) >= 11 is 9.32. The molecule has 1 aromatic heterocycles. The van der Waals surface area contributed by atoms with Crippen molar-refractivity contribution in [2.75, 3.05) is 6.54 Å². The number of rotatable bonds is 4. The Balaban J connectivity index is 1.93. The van der Waals surface area contributed by atoms with Gasteiger partial charge in [0, 0.05) is 24.4 Å². The van der Waals surface area contributed by atoms with Crippen LogP contribution >= 0.6 is 27.5 Å². The number of nitrogens with one attached hydrogen (secondary N) is 1. The summed E-state index contributed by atoms with van der Waals surface area (Å²) in [6.07, 6.45) is 0.509. The van der Waals surface area contributed by atoms with Gasteiger partial charge in [0.15, 0.2) is 5.82 Å². The quantitative estimate of drug-likeness (QED) is 0.926. The zero-order valence-corrected chi connectivity index (χ0v) is 12.5. The first-order valence-corrected chi connectivity index (χ1v) is 6.76. The fourth-order valence-electron chi connectivity index (χ4n) is 1.51. The predicted octanol–water partition coefficient (Wildman–Crippen LogP) is 2.77. The van der Waals surface area contributed by atoms with Crippen LogP contribution in [0.2, 0.25) is 5.02 Å². The van der Waals surface area contributed by atoms with Crippen LogP contribution in [0.1, 0.15) is 22.1 Å². The fourth-order valence-corrected chi connectivity index (χ4v) is 2.08. The number of aryl methyl sites for hydroxylation is 1. The van der Waals surface area contributed by atoms with Crippen molar-refractivity contribution in [3.05, 3.63) is 45.0 Å². The Labute approximate surface area is 123 Å². The van der Waals surface area contributed by atoms with E-state index in [2.05, 4.69) is 31.4 Å². The second kappa shape index (κ2) is 6.16. The lowest BCUT2D eigenvalue weighted by molar-refractivity contribution is 0.0954. The van der Waals surface area contributed by atoms with Crippen LogP contribution in [0.4, 0.5) is 0 Å². The topological polar surface area (TPSA) is 68.0 Å². The molecule has 0 fully saturated rings. The normalized spacial score (nSPS) is 10.5. The Morgan fingerprint density at radius 2 is 2.32 bits per heavy atom. The van der Waals surface area contributed by atoms with Gasteiger partial charge in [-0.1, -0.05) is 22.8 Å². The minimum atomic E-state index is -0.230. The molecule has 5 nitrogen and oxygen atoms in total. The van der Waals surface area contributed by atoms with E-state index in [0.717, 1.165) is 0 Å². The number of carbonyl (C=O) groups excluding carboxylic acids is 1. The molecule has 0 atom stereocenters. The fraction of sp³-hybridized carbons (Fsp3) is 0.250. The van der Waals surface area contributed by atoms with Gasteiger partial charge in [0.25, 0.3) is 5.91 Å². The van der Waals surface area contributed by atoms with Crippen molar-refractivity contribution in [2.24, 2.45) is 0 Å². The first-order chi connectivity index (χ1) is 9.08. The molecule has 100 valence electrons. The van der Waals surface area contributed by atoms with Crippen LogP contribution in [0.15, 0.2) is 27.2 Å². The molecule has 0 saturated carbocycles. The van der Waals surface area contributed by atoms with Gasteiger partial charge in [-0.25, -0.2) is 0 Å². The molecule has 1 aromatic carbocycles. The number of aromatic nitrogens is 2. The smallest absolute Gasteiger partial charge is 0.252 e. The molecule has 0 saturated heterocycles. The van der Waals surface area contributed by atoms with Crippen molar-refractivity contribution in [1.82, 2.24) is 15.5 Å². The lowest BCUT2D eigenvalue weighted by Crippen LogP contribution is -2.26. The largest absolute Gasteiger partial charge is 0.352 e. The van der Waals surface area contributed by atoms with Crippen LogP contribution in [0.3, 0.4) is 0 Å². The second-order valence-corrected chi connectivity index (χ2v) is 5.07. The number of nitrogens with zero attached hydrogens (tertiary/aromatic N) is 2. The van der Waals surface area contributed by atoms with Crippen molar-refractivity contribution in [3.63, 3.8) is 0 Å². The van der Waals surface area contributed by atoms with E-state index in [9.17, 15) is 4.79 Å². The summed E-state index contributed by atoms with van der Waals surface area (Å²) in [6.45, 7) is 2.14. The lowest BCUT2D eigenvalue weighted by Gasteiger charge is -2.06. The Hall–Kier alpha value is -1.40. The maximum absolute atomic E-state index is 11.9. The molecule has 0 aliphatic rings. The van der Waals surface area contributed by atoms with Crippen LogP contribution in [-0.2, 0) is 6.42 Å². The van der Waals surface area contributed by atoms with E-state index in [1.54, 1.807) is 25.1 Å². The lowest BCUT2D eigenvalue weighted by atomic mass is 10.2. The van der Waals surface area contributed by atoms with Crippen LogP contribution in [0, 0.1) is 6.92 Å². The van der Waals surface area contributed by atoms with Crippen LogP contribution in [0.5, 0.6) is 0 Å². The van der Waals surface area contributed by atoms with E-state index in [4.69, 9.17) is 16.1 Å². The number of benzene rings is 1. The summed E-state index contributed by atoms with van der Waals surface area (Å²) in [4.78, 5) is 16.0. The summed E-state index contributed by atoms with van der Waals surface area (Å²) in [6, 6.07) is 5.20. The SMILES string of the molecule is Cc1nc(CCNC(=O)c2cccc(Br)c2Cl)no1. The highest BCUT2D eigenvalue weighted by molar-refractivity contribution is 9.10. The molecular weight excluding hydrogens is 334 g/mol. The molecule has 2 aromatic rings. The van der Waals surface area contributed by atoms with Crippen molar-refractivity contribution < 1.29 is 9.32 Å². The molecule has 2 rings (SSSR count). The Kier molecular flexibility index (Phi) is 4.55. The van der Waals surface area contributed by atoms with E-state index in [0.29, 0.717) is 39.7 Å². The highest BCUT2D eigenvalue weighted by Gasteiger charge is 2.12. The maximum Gasteiger partial charge on any atom is 0.252 e. The summed E-state index contributed by atoms with van der Waals surface area (Å²) in [5, 5.41) is 6.90. The average Bonchev–Trinajstić information content (AvgIpc) is 2.78. The second-order valence-electron chi connectivity index (χ2n) is 3.84. The van der Waals surface area contributed by atoms with E-state index >= 15 is 0 Å². The molecule has 0 aliphatic heterocycles. The highest BCUT2D eigenvalue weighted by atomic mass is 79.9. The summed E-state index contributed by atoms with van der Waals surface area (Å²) in [5.74, 6) is 0.848. The zero-order valence-electron chi connectivity index (χ0n) is 10.1. The Morgan fingerprint density at radius 3 is 3.00 bits per heavy atom. The monoisotopic (exact) mass is 343 g/mol. The molecule has 0 aliphatic carbocycles. The standard InChI is InChI=1S/C12H11BrClN3O2/c1-7-16-10(17-19-7)5-6-15-12(18)8-3-2-4-9(13)11(8)14/h2-4H,5-6H2,1H3,(H,15,18). The third-order valence-electron chi connectivity index (χ3n) is 2.40. The molecule has 1 heterocycles. The Morgan fingerprint density at radius 1 is 1.53 bits per heavy atom. The summed E-state index contributed by atoms with van der Waals surface area (Å²) in [5.41, 5.74) is 0.431. The van der Waals surface area contributed by atoms with E-state index in [-0.39, 0.29) is 5.91 Å². The zero-order chi connectivity index (χ0) is 13.8. The first kappa shape index (κ1) is 14.0. The Bertz CT molecular complexity index is 600. The summed E-state index contributed by atoms with van der Waals surface area (Å²) in [7, 11) is 0. The van der Waals surface area contributed by atoms with Gasteiger partial charge in [0.05, 0.1) is 10.6 Å². The molecular formula is C12H11BrClN3O2. The van der Waals surface area contributed by atoms with Crippen molar-refractivity contribution in [2.45, 2.75) is 13.3 Å². The van der Waals surface area contributed by atoms with Gasteiger partial charge < -0.3 is 9.84 Å². The van der Waals surface area contributed by atoms with Crippen LogP contribution < -0.4 is 5.32 Å². The van der Waals surface area contributed by atoms with Crippen molar-refractivity contribution in [3.8, 4) is 0 Å². The molecule has 19 heavy (non-hydrogen) atoms. The van der Waals surface area contributed by atoms with E-state index < -0.39 is 0 Å². The maximum atomic E-state index is 11.9. The minimum absolute atomic E-state index is 0.230. The molecule has 0 spiro atoms. The highest BCUT2D eigenvalue weighted by Crippen LogP contribution is 2.25. The van der Waals surface area contributed by atoms with Gasteiger partial charge >= 0.3 is 0 Å². The van der Waals surface area contributed by atoms with Crippen molar-refractivity contribution in [1.29, 1.82) is 0 Å². The predicted molar refractivity (Wildman–Crippen MR) is 74.2 cm³/mol. The van der Waals surface area contributed by atoms with Gasteiger partial charge in [-0.05, 0) is 28.1 Å². The molecule has 1 amide bonds. The number of halogens is 2. The minimum Gasteiger partial charge on any atom is -0.352 e. The van der Waals surface area contributed by atoms with E-state index in [1.165, 1.54) is 0 Å². The van der Waals surface area contributed by atoms with Crippen LogP contribution in [0.25, 0.3) is 0 Å². The number of carbonyl (C=O) groups is 1. The van der Waals surface area contributed by atoms with Gasteiger partial charge in [-0.2, -0.15) is 4.98 Å². The molecule has 0 bridgehead atoms. The molecule has 7 heteroatoms. The molecule has 0 unspecified atom stereocenters. The van der Waals surface area contributed by atoms with E-state index in [1.807, 2.05) is 0 Å². The summed E-state index contributed by atoms with van der Waals surface area (Å²) < 4.78 is 5.53. The van der Waals surface area contributed by atoms with Gasteiger partial charge in [0.1, 0.15) is 0 Å².